The summed E-state index contributed by atoms with van der Waals surface area (Å²) in [7, 11) is 0. The number of aryl methyl sites for hydroxylation is 1. The molecule has 0 saturated heterocycles. The molecule has 4 atom stereocenters. The molecule has 6 nitrogen and oxygen atoms in total. The minimum atomic E-state index is -0.589. The average Bonchev–Trinajstić information content (AvgIpc) is 3.25. The van der Waals surface area contributed by atoms with E-state index in [9.17, 15) is 9.59 Å². The molecule has 150 valence electrons. The quantitative estimate of drug-likeness (QED) is 0.722. The van der Waals surface area contributed by atoms with Gasteiger partial charge in [-0.15, -0.1) is 11.3 Å². The largest absolute Gasteiger partial charge is 0.351 e. The third kappa shape index (κ3) is 3.05. The number of carbonyl (C=O) groups is 1. The Morgan fingerprint density at radius 3 is 2.89 bits per heavy atom. The monoisotopic (exact) mass is 400 g/mol. The van der Waals surface area contributed by atoms with Crippen molar-refractivity contribution in [1.29, 1.82) is 0 Å². The van der Waals surface area contributed by atoms with Crippen LogP contribution < -0.4 is 10.9 Å². The molecule has 3 heterocycles. The molecule has 3 aromatic heterocycles. The van der Waals surface area contributed by atoms with Crippen molar-refractivity contribution in [2.45, 2.75) is 65.5 Å². The predicted molar refractivity (Wildman–Crippen MR) is 113 cm³/mol. The highest BCUT2D eigenvalue weighted by Gasteiger charge is 2.31. The van der Waals surface area contributed by atoms with Crippen LogP contribution in [0, 0.1) is 18.8 Å². The van der Waals surface area contributed by atoms with Gasteiger partial charge in [0.2, 0.25) is 5.91 Å². The Hall–Kier alpha value is -2.15. The maximum atomic E-state index is 13.2. The van der Waals surface area contributed by atoms with Crippen molar-refractivity contribution in [3.63, 3.8) is 0 Å². The van der Waals surface area contributed by atoms with Crippen LogP contribution in [0.2, 0.25) is 0 Å². The molecule has 0 radical (unpaired) electrons. The summed E-state index contributed by atoms with van der Waals surface area (Å²) >= 11 is 1.60. The molecular formula is C21H28N4O2S. The summed E-state index contributed by atoms with van der Waals surface area (Å²) in [6.45, 7) is 8.28. The van der Waals surface area contributed by atoms with Gasteiger partial charge in [0.15, 0.2) is 0 Å². The third-order valence-corrected chi connectivity index (χ3v) is 7.30. The summed E-state index contributed by atoms with van der Waals surface area (Å²) in [6.07, 6.45) is 3.88. The minimum absolute atomic E-state index is 0.0971. The van der Waals surface area contributed by atoms with Gasteiger partial charge in [0.05, 0.1) is 10.2 Å². The maximum Gasteiger partial charge on any atom is 0.291 e. The van der Waals surface area contributed by atoms with E-state index in [1.54, 1.807) is 11.3 Å². The van der Waals surface area contributed by atoms with Gasteiger partial charge in [0, 0.05) is 6.04 Å². The SMILES string of the molecule is CC[C@H](C(=O)N[C@@H]1CCC[C@@H](C)[C@H]1C)n1nc(C)n2c(cc3sccc32)c1=O. The van der Waals surface area contributed by atoms with Crippen molar-refractivity contribution >= 4 is 33.0 Å². The molecule has 0 spiro atoms. The average molecular weight is 401 g/mol. The van der Waals surface area contributed by atoms with E-state index < -0.39 is 6.04 Å². The summed E-state index contributed by atoms with van der Waals surface area (Å²) in [4.78, 5) is 26.3. The Kier molecular flexibility index (Phi) is 5.04. The lowest BCUT2D eigenvalue weighted by atomic mass is 9.78. The first-order chi connectivity index (χ1) is 13.4. The van der Waals surface area contributed by atoms with Crippen molar-refractivity contribution in [2.24, 2.45) is 11.8 Å². The molecule has 7 heteroatoms. The molecule has 0 aliphatic heterocycles. The number of carbonyl (C=O) groups excluding carboxylic acids is 1. The molecule has 1 aliphatic carbocycles. The van der Waals surface area contributed by atoms with E-state index >= 15 is 0 Å². The molecule has 0 aromatic carbocycles. The number of aromatic nitrogens is 3. The Morgan fingerprint density at radius 1 is 1.36 bits per heavy atom. The van der Waals surface area contributed by atoms with Gasteiger partial charge in [-0.1, -0.05) is 33.6 Å². The van der Waals surface area contributed by atoms with Crippen LogP contribution in [0.1, 0.15) is 58.3 Å². The summed E-state index contributed by atoms with van der Waals surface area (Å²) in [5.74, 6) is 1.67. The van der Waals surface area contributed by atoms with Gasteiger partial charge in [-0.2, -0.15) is 5.10 Å². The number of hydrogen-bond donors (Lipinski definition) is 1. The second-order valence-electron chi connectivity index (χ2n) is 8.14. The van der Waals surface area contributed by atoms with E-state index in [2.05, 4.69) is 24.3 Å². The van der Waals surface area contributed by atoms with Gasteiger partial charge in [-0.25, -0.2) is 4.68 Å². The van der Waals surface area contributed by atoms with E-state index in [1.807, 2.05) is 35.8 Å². The molecule has 1 fully saturated rings. The summed E-state index contributed by atoms with van der Waals surface area (Å²) in [6, 6.07) is 3.49. The van der Waals surface area contributed by atoms with Gasteiger partial charge in [-0.3, -0.25) is 14.0 Å². The van der Waals surface area contributed by atoms with E-state index in [0.29, 0.717) is 29.6 Å². The van der Waals surface area contributed by atoms with Gasteiger partial charge >= 0.3 is 0 Å². The molecule has 0 bridgehead atoms. The number of nitrogens with zero attached hydrogens (tertiary/aromatic N) is 3. The highest BCUT2D eigenvalue weighted by atomic mass is 32.1. The molecule has 1 saturated carbocycles. The lowest BCUT2D eigenvalue weighted by Gasteiger charge is -2.35. The van der Waals surface area contributed by atoms with Crippen LogP contribution in [0.15, 0.2) is 22.3 Å². The first-order valence-electron chi connectivity index (χ1n) is 10.2. The van der Waals surface area contributed by atoms with Crippen LogP contribution in [-0.2, 0) is 4.79 Å². The van der Waals surface area contributed by atoms with Crippen LogP contribution in [0.25, 0.3) is 15.7 Å². The van der Waals surface area contributed by atoms with Crippen molar-refractivity contribution < 1.29 is 4.79 Å². The molecular weight excluding hydrogens is 372 g/mol. The molecule has 1 N–H and O–H groups in total. The Balaban J connectivity index is 1.69. The second-order valence-corrected chi connectivity index (χ2v) is 9.09. The van der Waals surface area contributed by atoms with Gasteiger partial charge in [0.25, 0.3) is 5.56 Å². The first kappa shape index (κ1) is 19.2. The van der Waals surface area contributed by atoms with Crippen LogP contribution in [0.5, 0.6) is 0 Å². The van der Waals surface area contributed by atoms with Crippen LogP contribution >= 0.6 is 11.3 Å². The Bertz CT molecular complexity index is 1080. The fourth-order valence-corrected chi connectivity index (χ4v) is 5.34. The smallest absolute Gasteiger partial charge is 0.291 e. The molecule has 28 heavy (non-hydrogen) atoms. The fraction of sp³-hybridized carbons (Fsp3) is 0.571. The molecule has 1 amide bonds. The fourth-order valence-electron chi connectivity index (χ4n) is 4.54. The molecule has 4 rings (SSSR count). The highest BCUT2D eigenvalue weighted by Crippen LogP contribution is 2.30. The van der Waals surface area contributed by atoms with E-state index in [-0.39, 0.29) is 17.5 Å². The van der Waals surface area contributed by atoms with E-state index in [1.165, 1.54) is 11.1 Å². The topological polar surface area (TPSA) is 68.4 Å². The summed E-state index contributed by atoms with van der Waals surface area (Å²) in [5.41, 5.74) is 1.37. The normalized spacial score (nSPS) is 23.9. The molecule has 0 unspecified atom stereocenters. The standard InChI is InChI=1S/C21H28N4O2S/c1-5-16(20(26)22-15-8-6-7-12(2)13(15)3)25-21(27)18-11-19-17(9-10-28-19)24(18)14(4)23-25/h9-13,15-16H,5-8H2,1-4H3,(H,22,26)/t12-,13-,15-,16-/m1/s1. The van der Waals surface area contributed by atoms with Crippen molar-refractivity contribution in [3.05, 3.63) is 33.7 Å². The van der Waals surface area contributed by atoms with E-state index in [4.69, 9.17) is 0 Å². The zero-order valence-corrected chi connectivity index (χ0v) is 17.8. The zero-order chi connectivity index (χ0) is 20.0. The summed E-state index contributed by atoms with van der Waals surface area (Å²) < 4.78 is 4.34. The number of rotatable bonds is 4. The molecule has 1 aliphatic rings. The maximum absolute atomic E-state index is 13.2. The third-order valence-electron chi connectivity index (χ3n) is 6.45. The number of hydrogen-bond acceptors (Lipinski definition) is 4. The van der Waals surface area contributed by atoms with Crippen LogP contribution in [0.3, 0.4) is 0 Å². The molecule has 3 aromatic rings. The van der Waals surface area contributed by atoms with Crippen molar-refractivity contribution in [3.8, 4) is 0 Å². The first-order valence-corrected chi connectivity index (χ1v) is 11.1. The van der Waals surface area contributed by atoms with Crippen molar-refractivity contribution in [1.82, 2.24) is 19.5 Å². The number of nitrogens with one attached hydrogen (secondary N) is 1. The zero-order valence-electron chi connectivity index (χ0n) is 16.9. The van der Waals surface area contributed by atoms with Crippen molar-refractivity contribution in [2.75, 3.05) is 0 Å². The van der Waals surface area contributed by atoms with E-state index in [0.717, 1.165) is 23.1 Å². The highest BCUT2D eigenvalue weighted by molar-refractivity contribution is 7.17. The lowest BCUT2D eigenvalue weighted by molar-refractivity contribution is -0.126. The van der Waals surface area contributed by atoms with Crippen LogP contribution in [0.4, 0.5) is 0 Å². The van der Waals surface area contributed by atoms with Gasteiger partial charge in [0.1, 0.15) is 17.4 Å². The second kappa shape index (κ2) is 7.35. The Labute approximate surface area is 168 Å². The summed E-state index contributed by atoms with van der Waals surface area (Å²) in [5, 5.41) is 9.77. The number of thiophene rings is 1. The van der Waals surface area contributed by atoms with Gasteiger partial charge in [-0.05, 0) is 49.1 Å². The number of fused-ring (bicyclic) bond motifs is 3. The van der Waals surface area contributed by atoms with Gasteiger partial charge < -0.3 is 5.32 Å². The predicted octanol–water partition coefficient (Wildman–Crippen LogP) is 3.91. The van der Waals surface area contributed by atoms with Crippen LogP contribution in [-0.4, -0.2) is 26.1 Å². The lowest BCUT2D eigenvalue weighted by Crippen LogP contribution is -2.48. The minimum Gasteiger partial charge on any atom is -0.351 e. The Morgan fingerprint density at radius 2 is 2.14 bits per heavy atom. The number of amides is 1.